The van der Waals surface area contributed by atoms with E-state index in [1.54, 1.807) is 11.3 Å². The van der Waals surface area contributed by atoms with Crippen molar-refractivity contribution < 1.29 is 0 Å². The van der Waals surface area contributed by atoms with Crippen molar-refractivity contribution >= 4 is 17.3 Å². The molecule has 1 saturated heterocycles. The minimum Gasteiger partial charge on any atom is -0.357 e. The van der Waals surface area contributed by atoms with Crippen LogP contribution in [0.2, 0.25) is 0 Å². The van der Waals surface area contributed by atoms with Gasteiger partial charge in [0, 0.05) is 38.0 Å². The minimum atomic E-state index is 0.695. The number of thiazole rings is 1. The Labute approximate surface area is 144 Å². The van der Waals surface area contributed by atoms with Crippen LogP contribution in [0.3, 0.4) is 0 Å². The number of hydrogen-bond acceptors (Lipinski definition) is 4. The van der Waals surface area contributed by atoms with E-state index >= 15 is 0 Å². The first-order valence-electron chi connectivity index (χ1n) is 8.86. The summed E-state index contributed by atoms with van der Waals surface area (Å²) in [5.74, 6) is 1.63. The van der Waals surface area contributed by atoms with Crippen molar-refractivity contribution in [3.63, 3.8) is 0 Å². The monoisotopic (exact) mass is 337 g/mol. The van der Waals surface area contributed by atoms with Gasteiger partial charge in [0.1, 0.15) is 0 Å². The molecule has 23 heavy (non-hydrogen) atoms. The molecule has 1 aliphatic rings. The van der Waals surface area contributed by atoms with Gasteiger partial charge < -0.3 is 15.5 Å². The maximum absolute atomic E-state index is 4.79. The highest BCUT2D eigenvalue weighted by atomic mass is 32.1. The number of nitrogens with zero attached hydrogens (tertiary/aromatic N) is 3. The largest absolute Gasteiger partial charge is 0.357 e. The third-order valence-corrected chi connectivity index (χ3v) is 5.06. The highest BCUT2D eigenvalue weighted by molar-refractivity contribution is 7.09. The number of piperidine rings is 1. The number of likely N-dealkylation sites (tertiary alicyclic amines) is 1. The molecular formula is C17H31N5S. The average molecular weight is 338 g/mol. The van der Waals surface area contributed by atoms with E-state index in [1.165, 1.54) is 31.6 Å². The van der Waals surface area contributed by atoms with Crippen LogP contribution in [0.25, 0.3) is 0 Å². The fourth-order valence-corrected chi connectivity index (χ4v) is 3.63. The first-order chi connectivity index (χ1) is 11.2. The maximum atomic E-state index is 4.79. The van der Waals surface area contributed by atoms with E-state index in [4.69, 9.17) is 4.99 Å². The number of rotatable bonds is 7. The fourth-order valence-electron chi connectivity index (χ4n) is 2.98. The highest BCUT2D eigenvalue weighted by Gasteiger charge is 2.18. The number of aryl methyl sites for hydroxylation is 1. The molecule has 0 amide bonds. The summed E-state index contributed by atoms with van der Waals surface area (Å²) in [5, 5.41) is 10.1. The van der Waals surface area contributed by atoms with Crippen LogP contribution in [-0.2, 0) is 6.42 Å². The normalized spacial score (nSPS) is 19.8. The van der Waals surface area contributed by atoms with E-state index in [0.717, 1.165) is 43.6 Å². The fraction of sp³-hybridized carbons (Fsp3) is 0.765. The molecule has 2 rings (SSSR count). The molecule has 0 spiro atoms. The van der Waals surface area contributed by atoms with Gasteiger partial charge in [0.05, 0.1) is 10.7 Å². The molecule has 2 N–H and O–H groups in total. The van der Waals surface area contributed by atoms with Crippen LogP contribution in [-0.4, -0.2) is 55.1 Å². The molecule has 5 nitrogen and oxygen atoms in total. The lowest BCUT2D eigenvalue weighted by molar-refractivity contribution is 0.186. The van der Waals surface area contributed by atoms with E-state index < -0.39 is 0 Å². The van der Waals surface area contributed by atoms with Gasteiger partial charge >= 0.3 is 0 Å². The summed E-state index contributed by atoms with van der Waals surface area (Å²) in [7, 11) is 0. The molecule has 6 heteroatoms. The number of guanidine groups is 1. The zero-order valence-electron chi connectivity index (χ0n) is 14.8. The lowest BCUT2D eigenvalue weighted by atomic mass is 9.98. The molecule has 0 bridgehead atoms. The van der Waals surface area contributed by atoms with Gasteiger partial charge in [-0.3, -0.25) is 4.99 Å². The first-order valence-corrected chi connectivity index (χ1v) is 9.74. The van der Waals surface area contributed by atoms with Crippen molar-refractivity contribution in [3.8, 4) is 0 Å². The maximum Gasteiger partial charge on any atom is 0.191 e. The number of aromatic nitrogens is 1. The topological polar surface area (TPSA) is 52.6 Å². The van der Waals surface area contributed by atoms with Gasteiger partial charge in [0.2, 0.25) is 0 Å². The molecule has 1 fully saturated rings. The second-order valence-corrected chi connectivity index (χ2v) is 7.22. The van der Waals surface area contributed by atoms with Crippen LogP contribution >= 0.6 is 11.3 Å². The zero-order chi connectivity index (χ0) is 16.5. The molecule has 1 unspecified atom stereocenters. The van der Waals surface area contributed by atoms with Crippen LogP contribution in [0, 0.1) is 12.8 Å². The van der Waals surface area contributed by atoms with Crippen molar-refractivity contribution in [2.45, 2.75) is 40.0 Å². The third kappa shape index (κ3) is 6.47. The molecule has 0 aliphatic carbocycles. The Morgan fingerprint density at radius 2 is 2.30 bits per heavy atom. The SMILES string of the molecule is CCNC(=NCC1CCCN(CC)C1)NCCc1csc(C)n1. The number of aliphatic imine (C=N–C) groups is 1. The van der Waals surface area contributed by atoms with Crippen molar-refractivity contribution in [2.75, 3.05) is 39.3 Å². The standard InChI is InChI=1S/C17H31N5S/c1-4-18-17(19-9-8-16-13-23-14(3)21-16)20-11-15-7-6-10-22(5-2)12-15/h13,15H,4-12H2,1-3H3,(H2,18,19,20). The third-order valence-electron chi connectivity index (χ3n) is 4.24. The van der Waals surface area contributed by atoms with Gasteiger partial charge in [0.15, 0.2) is 5.96 Å². The zero-order valence-corrected chi connectivity index (χ0v) is 15.6. The molecule has 0 radical (unpaired) electrons. The Morgan fingerprint density at radius 3 is 3.00 bits per heavy atom. The Morgan fingerprint density at radius 1 is 1.43 bits per heavy atom. The molecule has 1 aromatic rings. The highest BCUT2D eigenvalue weighted by Crippen LogP contribution is 2.16. The Kier molecular flexibility index (Phi) is 7.82. The summed E-state index contributed by atoms with van der Waals surface area (Å²) < 4.78 is 0. The quantitative estimate of drug-likeness (QED) is 0.592. The van der Waals surface area contributed by atoms with Crippen molar-refractivity contribution in [2.24, 2.45) is 10.9 Å². The smallest absolute Gasteiger partial charge is 0.191 e. The van der Waals surface area contributed by atoms with Crippen molar-refractivity contribution in [1.29, 1.82) is 0 Å². The summed E-state index contributed by atoms with van der Waals surface area (Å²) in [6.07, 6.45) is 3.56. The Balaban J connectivity index is 1.77. The Bertz CT molecular complexity index is 485. The summed E-state index contributed by atoms with van der Waals surface area (Å²) in [5.41, 5.74) is 1.17. The van der Waals surface area contributed by atoms with Crippen LogP contribution in [0.5, 0.6) is 0 Å². The molecular weight excluding hydrogens is 306 g/mol. The molecule has 2 heterocycles. The van der Waals surface area contributed by atoms with E-state index in [-0.39, 0.29) is 0 Å². The second-order valence-electron chi connectivity index (χ2n) is 6.16. The summed E-state index contributed by atoms with van der Waals surface area (Å²) >= 11 is 1.72. The summed E-state index contributed by atoms with van der Waals surface area (Å²) in [6.45, 7) is 12.7. The number of nitrogens with one attached hydrogen (secondary N) is 2. The minimum absolute atomic E-state index is 0.695. The van der Waals surface area contributed by atoms with Crippen molar-refractivity contribution in [1.82, 2.24) is 20.5 Å². The average Bonchev–Trinajstić information content (AvgIpc) is 2.98. The van der Waals surface area contributed by atoms with E-state index in [0.29, 0.717) is 5.92 Å². The van der Waals surface area contributed by atoms with Gasteiger partial charge in [-0.05, 0) is 45.7 Å². The lowest BCUT2D eigenvalue weighted by Crippen LogP contribution is -2.40. The number of hydrogen-bond donors (Lipinski definition) is 2. The molecule has 1 atom stereocenters. The molecule has 1 aromatic heterocycles. The van der Waals surface area contributed by atoms with Crippen LogP contribution in [0.15, 0.2) is 10.4 Å². The second kappa shape index (κ2) is 9.88. The molecule has 0 aromatic carbocycles. The van der Waals surface area contributed by atoms with E-state index in [9.17, 15) is 0 Å². The van der Waals surface area contributed by atoms with Crippen molar-refractivity contribution in [3.05, 3.63) is 16.1 Å². The van der Waals surface area contributed by atoms with Gasteiger partial charge in [0.25, 0.3) is 0 Å². The molecule has 0 saturated carbocycles. The predicted molar refractivity (Wildman–Crippen MR) is 99.4 cm³/mol. The molecule has 1 aliphatic heterocycles. The van der Waals surface area contributed by atoms with Gasteiger partial charge in [-0.25, -0.2) is 4.98 Å². The van der Waals surface area contributed by atoms with Gasteiger partial charge in [-0.2, -0.15) is 0 Å². The lowest BCUT2D eigenvalue weighted by Gasteiger charge is -2.31. The summed E-state index contributed by atoms with van der Waals surface area (Å²) in [4.78, 5) is 11.8. The van der Waals surface area contributed by atoms with Crippen LogP contribution < -0.4 is 10.6 Å². The van der Waals surface area contributed by atoms with Crippen LogP contribution in [0.4, 0.5) is 0 Å². The Hall–Kier alpha value is -1.14. The van der Waals surface area contributed by atoms with E-state index in [2.05, 4.69) is 46.7 Å². The first kappa shape index (κ1) is 18.2. The van der Waals surface area contributed by atoms with Crippen LogP contribution in [0.1, 0.15) is 37.4 Å². The van der Waals surface area contributed by atoms with Gasteiger partial charge in [-0.1, -0.05) is 6.92 Å². The summed E-state index contributed by atoms with van der Waals surface area (Å²) in [6, 6.07) is 0. The van der Waals surface area contributed by atoms with E-state index in [1.807, 2.05) is 0 Å². The van der Waals surface area contributed by atoms with Gasteiger partial charge in [-0.15, -0.1) is 11.3 Å². The predicted octanol–water partition coefficient (Wildman–Crippen LogP) is 2.28. The molecule has 130 valence electrons.